The standard InChI is InChI=1S/C17H24O3S/c1-16(2,3)14-6-4-13(5-7-14)11-21(20)12-17(8-9-17)10-15(18)19/h4-7H,8-12H2,1-3H3,(H,18,19). The highest BCUT2D eigenvalue weighted by atomic mass is 32.2. The Balaban J connectivity index is 1.93. The van der Waals surface area contributed by atoms with Gasteiger partial charge in [0.1, 0.15) is 0 Å². The molecule has 1 aliphatic carbocycles. The first kappa shape index (κ1) is 16.2. The van der Waals surface area contributed by atoms with Crippen LogP contribution >= 0.6 is 0 Å². The minimum atomic E-state index is -0.985. The number of benzene rings is 1. The summed E-state index contributed by atoms with van der Waals surface area (Å²) in [5.74, 6) is 0.255. The van der Waals surface area contributed by atoms with Crippen LogP contribution in [0.5, 0.6) is 0 Å². The van der Waals surface area contributed by atoms with E-state index in [9.17, 15) is 9.00 Å². The van der Waals surface area contributed by atoms with Gasteiger partial charge < -0.3 is 5.11 Å². The number of carboxylic acid groups (broad SMARTS) is 1. The van der Waals surface area contributed by atoms with E-state index in [1.54, 1.807) is 0 Å². The second-order valence-electron chi connectivity index (χ2n) is 7.25. The molecular formula is C17H24O3S. The lowest BCUT2D eigenvalue weighted by atomic mass is 9.87. The minimum absolute atomic E-state index is 0.122. The van der Waals surface area contributed by atoms with Gasteiger partial charge in [-0.1, -0.05) is 45.0 Å². The summed E-state index contributed by atoms with van der Waals surface area (Å²) in [5.41, 5.74) is 2.26. The van der Waals surface area contributed by atoms with Crippen LogP contribution in [0, 0.1) is 5.41 Å². The fourth-order valence-corrected chi connectivity index (χ4v) is 4.29. The Morgan fingerprint density at radius 3 is 2.24 bits per heavy atom. The van der Waals surface area contributed by atoms with Crippen LogP contribution in [0.3, 0.4) is 0 Å². The van der Waals surface area contributed by atoms with Crippen molar-refractivity contribution in [3.05, 3.63) is 35.4 Å². The molecule has 1 atom stereocenters. The maximum atomic E-state index is 12.2. The van der Waals surface area contributed by atoms with Crippen LogP contribution in [0.4, 0.5) is 0 Å². The molecule has 3 nitrogen and oxygen atoms in total. The lowest BCUT2D eigenvalue weighted by Gasteiger charge is -2.19. The topological polar surface area (TPSA) is 54.4 Å². The molecule has 0 aromatic heterocycles. The summed E-state index contributed by atoms with van der Waals surface area (Å²) < 4.78 is 12.2. The number of hydrogen-bond donors (Lipinski definition) is 1. The molecule has 1 aromatic carbocycles. The van der Waals surface area contributed by atoms with E-state index in [4.69, 9.17) is 5.11 Å². The van der Waals surface area contributed by atoms with Crippen molar-refractivity contribution in [3.63, 3.8) is 0 Å². The summed E-state index contributed by atoms with van der Waals surface area (Å²) in [5, 5.41) is 8.90. The maximum Gasteiger partial charge on any atom is 0.303 e. The van der Waals surface area contributed by atoms with Gasteiger partial charge in [0.15, 0.2) is 0 Å². The van der Waals surface area contributed by atoms with Gasteiger partial charge in [-0.15, -0.1) is 0 Å². The van der Waals surface area contributed by atoms with E-state index in [0.29, 0.717) is 11.5 Å². The van der Waals surface area contributed by atoms with Crippen molar-refractivity contribution < 1.29 is 14.1 Å². The van der Waals surface area contributed by atoms with Crippen LogP contribution in [0.2, 0.25) is 0 Å². The molecule has 1 fully saturated rings. The number of aliphatic carboxylic acids is 1. The van der Waals surface area contributed by atoms with Crippen molar-refractivity contribution in [1.82, 2.24) is 0 Å². The van der Waals surface area contributed by atoms with Crippen molar-refractivity contribution in [2.45, 2.75) is 51.2 Å². The summed E-state index contributed by atoms with van der Waals surface area (Å²) in [6.45, 7) is 6.51. The van der Waals surface area contributed by atoms with Crippen molar-refractivity contribution in [3.8, 4) is 0 Å². The summed E-state index contributed by atoms with van der Waals surface area (Å²) in [4.78, 5) is 10.8. The van der Waals surface area contributed by atoms with E-state index >= 15 is 0 Å². The Morgan fingerprint density at radius 2 is 1.81 bits per heavy atom. The smallest absolute Gasteiger partial charge is 0.303 e. The zero-order chi connectivity index (χ0) is 15.7. The van der Waals surface area contributed by atoms with Gasteiger partial charge in [-0.25, -0.2) is 0 Å². The van der Waals surface area contributed by atoms with E-state index in [2.05, 4.69) is 32.9 Å². The summed E-state index contributed by atoms with van der Waals surface area (Å²) in [6.07, 6.45) is 1.95. The normalized spacial score (nSPS) is 18.2. The van der Waals surface area contributed by atoms with Gasteiger partial charge in [-0.2, -0.15) is 0 Å². The molecule has 0 spiro atoms. The lowest BCUT2D eigenvalue weighted by Crippen LogP contribution is -2.17. The highest BCUT2D eigenvalue weighted by Crippen LogP contribution is 2.49. The second kappa shape index (κ2) is 5.91. The van der Waals surface area contributed by atoms with E-state index in [1.165, 1.54) is 5.56 Å². The third-order valence-corrected chi connectivity index (χ3v) is 5.69. The minimum Gasteiger partial charge on any atom is -0.481 e. The van der Waals surface area contributed by atoms with Crippen LogP contribution in [0.25, 0.3) is 0 Å². The van der Waals surface area contributed by atoms with Gasteiger partial charge in [-0.05, 0) is 34.8 Å². The van der Waals surface area contributed by atoms with Gasteiger partial charge in [0.2, 0.25) is 0 Å². The molecule has 0 heterocycles. The monoisotopic (exact) mass is 308 g/mol. The molecule has 1 aliphatic rings. The molecule has 0 amide bonds. The molecule has 4 heteroatoms. The van der Waals surface area contributed by atoms with Crippen molar-refractivity contribution in [2.75, 3.05) is 5.75 Å². The third-order valence-electron chi connectivity index (χ3n) is 4.10. The van der Waals surface area contributed by atoms with E-state index < -0.39 is 16.8 Å². The Kier molecular flexibility index (Phi) is 4.57. The SMILES string of the molecule is CC(C)(C)c1ccc(CS(=O)CC2(CC(=O)O)CC2)cc1. The van der Waals surface area contributed by atoms with Crippen LogP contribution in [0.1, 0.15) is 51.2 Å². The Morgan fingerprint density at radius 1 is 1.24 bits per heavy atom. The summed E-state index contributed by atoms with van der Waals surface area (Å²) in [7, 11) is -0.985. The number of carbonyl (C=O) groups is 1. The molecular weight excluding hydrogens is 284 g/mol. The van der Waals surface area contributed by atoms with Crippen LogP contribution in [0.15, 0.2) is 24.3 Å². The highest BCUT2D eigenvalue weighted by Gasteiger charge is 2.45. The molecule has 116 valence electrons. The molecule has 0 radical (unpaired) electrons. The average Bonchev–Trinajstić information content (AvgIpc) is 3.06. The van der Waals surface area contributed by atoms with E-state index in [1.807, 2.05) is 12.1 Å². The highest BCUT2D eigenvalue weighted by molar-refractivity contribution is 7.84. The molecule has 1 aromatic rings. The predicted octanol–water partition coefficient (Wildman–Crippen LogP) is 3.49. The molecule has 1 saturated carbocycles. The predicted molar refractivity (Wildman–Crippen MR) is 85.8 cm³/mol. The number of carboxylic acids is 1. The first-order chi connectivity index (χ1) is 9.70. The Bertz CT molecular complexity index is 536. The molecule has 0 bridgehead atoms. The molecule has 21 heavy (non-hydrogen) atoms. The van der Waals surface area contributed by atoms with Crippen molar-refractivity contribution in [2.24, 2.45) is 5.41 Å². The Labute approximate surface area is 129 Å². The Hall–Kier alpha value is -1.16. The van der Waals surface area contributed by atoms with Gasteiger partial charge in [0.25, 0.3) is 0 Å². The maximum absolute atomic E-state index is 12.2. The molecule has 0 saturated heterocycles. The molecule has 1 N–H and O–H groups in total. The average molecular weight is 308 g/mol. The zero-order valence-corrected chi connectivity index (χ0v) is 13.8. The van der Waals surface area contributed by atoms with Gasteiger partial charge in [0.05, 0.1) is 6.42 Å². The van der Waals surface area contributed by atoms with E-state index in [-0.39, 0.29) is 17.3 Å². The lowest BCUT2D eigenvalue weighted by molar-refractivity contribution is -0.138. The second-order valence-corrected chi connectivity index (χ2v) is 8.70. The first-order valence-corrected chi connectivity index (χ1v) is 8.85. The van der Waals surface area contributed by atoms with Crippen LogP contribution in [-0.2, 0) is 26.8 Å². The fraction of sp³-hybridized carbons (Fsp3) is 0.588. The van der Waals surface area contributed by atoms with Gasteiger partial charge in [0, 0.05) is 22.3 Å². The molecule has 2 rings (SSSR count). The molecule has 0 aliphatic heterocycles. The van der Waals surface area contributed by atoms with Gasteiger partial charge in [-0.3, -0.25) is 9.00 Å². The largest absolute Gasteiger partial charge is 0.481 e. The van der Waals surface area contributed by atoms with Crippen molar-refractivity contribution in [1.29, 1.82) is 0 Å². The van der Waals surface area contributed by atoms with Crippen molar-refractivity contribution >= 4 is 16.8 Å². The van der Waals surface area contributed by atoms with Crippen LogP contribution < -0.4 is 0 Å². The number of rotatable bonds is 6. The molecule has 1 unspecified atom stereocenters. The zero-order valence-electron chi connectivity index (χ0n) is 13.0. The number of hydrogen-bond acceptors (Lipinski definition) is 2. The summed E-state index contributed by atoms with van der Waals surface area (Å²) >= 11 is 0. The van der Waals surface area contributed by atoms with Crippen LogP contribution in [-0.4, -0.2) is 21.0 Å². The quantitative estimate of drug-likeness (QED) is 0.875. The van der Waals surface area contributed by atoms with Gasteiger partial charge >= 0.3 is 5.97 Å². The summed E-state index contributed by atoms with van der Waals surface area (Å²) in [6, 6.07) is 8.26. The fourth-order valence-electron chi connectivity index (χ4n) is 2.55. The first-order valence-electron chi connectivity index (χ1n) is 7.36. The van der Waals surface area contributed by atoms with E-state index in [0.717, 1.165) is 18.4 Å². The third kappa shape index (κ3) is 4.67.